The summed E-state index contributed by atoms with van der Waals surface area (Å²) in [5.41, 5.74) is 1.90. The molecule has 2 N–H and O–H groups in total. The molecule has 2 rings (SSSR count). The monoisotopic (exact) mass is 343 g/mol. The second-order valence-corrected chi connectivity index (χ2v) is 7.09. The second kappa shape index (κ2) is 5.85. The third kappa shape index (κ3) is 3.52. The Morgan fingerprint density at radius 3 is 2.84 bits per heavy atom. The Morgan fingerprint density at radius 2 is 2.21 bits per heavy atom. The molecule has 0 saturated carbocycles. The normalized spacial score (nSPS) is 22.5. The van der Waals surface area contributed by atoms with Gasteiger partial charge in [0.1, 0.15) is 0 Å². The molecule has 1 heterocycles. The van der Waals surface area contributed by atoms with Crippen molar-refractivity contribution in [2.75, 3.05) is 18.1 Å². The summed E-state index contributed by atoms with van der Waals surface area (Å²) in [6, 6.07) is 3.83. The molecule has 1 aromatic rings. The third-order valence-corrected chi connectivity index (χ3v) is 5.50. The summed E-state index contributed by atoms with van der Waals surface area (Å²) < 4.78 is 1.01. The van der Waals surface area contributed by atoms with Crippen LogP contribution in [-0.2, 0) is 0 Å². The van der Waals surface area contributed by atoms with Gasteiger partial charge in [0, 0.05) is 22.3 Å². The third-order valence-electron chi connectivity index (χ3n) is 3.41. The highest BCUT2D eigenvalue weighted by Gasteiger charge is 2.32. The maximum absolute atomic E-state index is 12.2. The molecule has 5 heteroatoms. The van der Waals surface area contributed by atoms with Crippen molar-refractivity contribution in [2.24, 2.45) is 0 Å². The van der Waals surface area contributed by atoms with E-state index in [0.717, 1.165) is 27.8 Å². The Labute approximate surface area is 126 Å². The summed E-state index contributed by atoms with van der Waals surface area (Å²) in [5.74, 6) is 1.55. The Bertz CT molecular complexity index is 498. The zero-order valence-corrected chi connectivity index (χ0v) is 13.5. The molecule has 0 aromatic heterocycles. The number of carbonyl (C=O) groups excluding carboxylic acids is 1. The molecule has 1 aliphatic heterocycles. The molecule has 0 spiro atoms. The van der Waals surface area contributed by atoms with Crippen LogP contribution in [0.15, 0.2) is 16.6 Å². The summed E-state index contributed by atoms with van der Waals surface area (Å²) >= 11 is 5.18. The predicted octanol–water partition coefficient (Wildman–Crippen LogP) is 2.66. The van der Waals surface area contributed by atoms with Crippen LogP contribution in [0.5, 0.6) is 0 Å². The van der Waals surface area contributed by atoms with Gasteiger partial charge < -0.3 is 10.4 Å². The Hall–Kier alpha value is -0.520. The van der Waals surface area contributed by atoms with Crippen molar-refractivity contribution < 1.29 is 9.90 Å². The second-order valence-electron chi connectivity index (χ2n) is 5.13. The first kappa shape index (κ1) is 14.9. The average Bonchev–Trinajstić information content (AvgIpc) is 2.78. The minimum Gasteiger partial charge on any atom is -0.387 e. The molecular weight excluding hydrogens is 326 g/mol. The number of benzene rings is 1. The first-order valence-electron chi connectivity index (χ1n) is 6.26. The molecule has 0 bridgehead atoms. The van der Waals surface area contributed by atoms with Crippen molar-refractivity contribution in [3.05, 3.63) is 33.3 Å². The van der Waals surface area contributed by atoms with Gasteiger partial charge in [0.2, 0.25) is 0 Å². The van der Waals surface area contributed by atoms with Gasteiger partial charge in [0.05, 0.1) is 5.60 Å². The highest BCUT2D eigenvalue weighted by atomic mass is 79.9. The van der Waals surface area contributed by atoms with E-state index in [1.54, 1.807) is 11.8 Å². The molecule has 1 fully saturated rings. The Balaban J connectivity index is 2.06. The number of halogens is 1. The summed E-state index contributed by atoms with van der Waals surface area (Å²) in [7, 11) is 0. The molecule has 104 valence electrons. The van der Waals surface area contributed by atoms with Gasteiger partial charge >= 0.3 is 0 Å². The van der Waals surface area contributed by atoms with Gasteiger partial charge in [0.15, 0.2) is 0 Å². The van der Waals surface area contributed by atoms with Crippen molar-refractivity contribution in [2.45, 2.75) is 25.9 Å². The van der Waals surface area contributed by atoms with Gasteiger partial charge in [-0.25, -0.2) is 0 Å². The lowest BCUT2D eigenvalue weighted by molar-refractivity contribution is 0.0612. The lowest BCUT2D eigenvalue weighted by Gasteiger charge is -2.22. The minimum atomic E-state index is -0.737. The highest BCUT2D eigenvalue weighted by Crippen LogP contribution is 2.27. The number of hydrogen-bond acceptors (Lipinski definition) is 3. The first-order valence-corrected chi connectivity index (χ1v) is 8.21. The van der Waals surface area contributed by atoms with Crippen molar-refractivity contribution >= 4 is 33.6 Å². The number of amides is 1. The van der Waals surface area contributed by atoms with Crippen molar-refractivity contribution in [3.8, 4) is 0 Å². The predicted molar refractivity (Wildman–Crippen MR) is 82.8 cm³/mol. The van der Waals surface area contributed by atoms with Crippen LogP contribution in [0.2, 0.25) is 0 Å². The molecular formula is C14H18BrNO2S. The van der Waals surface area contributed by atoms with Crippen LogP contribution in [0.3, 0.4) is 0 Å². The fourth-order valence-electron chi connectivity index (χ4n) is 2.10. The van der Waals surface area contributed by atoms with Gasteiger partial charge in [-0.3, -0.25) is 4.79 Å². The zero-order chi connectivity index (χ0) is 14.0. The van der Waals surface area contributed by atoms with E-state index in [9.17, 15) is 9.90 Å². The van der Waals surface area contributed by atoms with E-state index < -0.39 is 5.60 Å². The molecule has 0 aliphatic carbocycles. The fraction of sp³-hybridized carbons (Fsp3) is 0.500. The van der Waals surface area contributed by atoms with Gasteiger partial charge in [-0.05, 0) is 49.3 Å². The van der Waals surface area contributed by atoms with Crippen molar-refractivity contribution in [1.82, 2.24) is 5.32 Å². The van der Waals surface area contributed by atoms with Crippen molar-refractivity contribution in [3.63, 3.8) is 0 Å². The molecule has 19 heavy (non-hydrogen) atoms. The minimum absolute atomic E-state index is 0.113. The molecule has 1 unspecified atom stereocenters. The smallest absolute Gasteiger partial charge is 0.251 e. The van der Waals surface area contributed by atoms with Gasteiger partial charge in [-0.15, -0.1) is 0 Å². The van der Waals surface area contributed by atoms with Gasteiger partial charge in [0.25, 0.3) is 5.91 Å². The largest absolute Gasteiger partial charge is 0.387 e. The van der Waals surface area contributed by atoms with Gasteiger partial charge in [-0.2, -0.15) is 11.8 Å². The zero-order valence-electron chi connectivity index (χ0n) is 11.1. The lowest BCUT2D eigenvalue weighted by Crippen LogP contribution is -2.43. The van der Waals surface area contributed by atoms with E-state index in [-0.39, 0.29) is 5.91 Å². The van der Waals surface area contributed by atoms with Crippen LogP contribution < -0.4 is 5.32 Å². The molecule has 1 aliphatic rings. The topological polar surface area (TPSA) is 49.3 Å². The van der Waals surface area contributed by atoms with Crippen LogP contribution in [-0.4, -0.2) is 34.7 Å². The van der Waals surface area contributed by atoms with E-state index in [1.807, 2.05) is 26.0 Å². The van der Waals surface area contributed by atoms with Crippen LogP contribution in [0.1, 0.15) is 27.9 Å². The molecule has 0 radical (unpaired) electrons. The quantitative estimate of drug-likeness (QED) is 0.886. The Kier molecular flexibility index (Phi) is 4.58. The van der Waals surface area contributed by atoms with E-state index in [4.69, 9.17) is 0 Å². The SMILES string of the molecule is Cc1cc(C(=O)NCC2(O)CCSC2)c(C)cc1Br. The summed E-state index contributed by atoms with van der Waals surface area (Å²) in [6.07, 6.45) is 0.746. The van der Waals surface area contributed by atoms with E-state index in [0.29, 0.717) is 17.9 Å². The standard InChI is InChI=1S/C14H18BrNO2S/c1-9-6-12(15)10(2)5-11(9)13(17)16-7-14(18)3-4-19-8-14/h5-6,18H,3-4,7-8H2,1-2H3,(H,16,17). The molecule has 1 saturated heterocycles. The first-order chi connectivity index (χ1) is 8.91. The maximum atomic E-state index is 12.2. The van der Waals surface area contributed by atoms with E-state index in [1.165, 1.54) is 0 Å². The van der Waals surface area contributed by atoms with Crippen molar-refractivity contribution in [1.29, 1.82) is 0 Å². The van der Waals surface area contributed by atoms with Gasteiger partial charge in [-0.1, -0.05) is 15.9 Å². The number of nitrogens with one attached hydrogen (secondary N) is 1. The van der Waals surface area contributed by atoms with Crippen LogP contribution in [0.4, 0.5) is 0 Å². The highest BCUT2D eigenvalue weighted by molar-refractivity contribution is 9.10. The molecule has 1 aromatic carbocycles. The summed E-state index contributed by atoms with van der Waals surface area (Å²) in [6.45, 7) is 4.20. The molecule has 1 atom stereocenters. The summed E-state index contributed by atoms with van der Waals surface area (Å²) in [5, 5.41) is 13.1. The van der Waals surface area contributed by atoms with Crippen LogP contribution in [0.25, 0.3) is 0 Å². The number of carbonyl (C=O) groups is 1. The number of hydrogen-bond donors (Lipinski definition) is 2. The van der Waals surface area contributed by atoms with E-state index >= 15 is 0 Å². The van der Waals surface area contributed by atoms with E-state index in [2.05, 4.69) is 21.2 Å². The molecule has 3 nitrogen and oxygen atoms in total. The maximum Gasteiger partial charge on any atom is 0.251 e. The lowest BCUT2D eigenvalue weighted by atomic mass is 10.0. The number of thioether (sulfide) groups is 1. The number of rotatable bonds is 3. The van der Waals surface area contributed by atoms with Crippen LogP contribution >= 0.6 is 27.7 Å². The summed E-state index contributed by atoms with van der Waals surface area (Å²) in [4.78, 5) is 12.2. The number of aryl methyl sites for hydroxylation is 2. The van der Waals surface area contributed by atoms with Crippen LogP contribution in [0, 0.1) is 13.8 Å². The Morgan fingerprint density at radius 1 is 1.47 bits per heavy atom. The molecule has 1 amide bonds. The average molecular weight is 344 g/mol. The fourth-order valence-corrected chi connectivity index (χ4v) is 3.85. The number of aliphatic hydroxyl groups is 1.